The lowest BCUT2D eigenvalue weighted by Gasteiger charge is -2.34. The second kappa shape index (κ2) is 13.2. The van der Waals surface area contributed by atoms with Gasteiger partial charge in [0.05, 0.1) is 14.1 Å². The zero-order valence-corrected chi connectivity index (χ0v) is 22.4. The van der Waals surface area contributed by atoms with Crippen LogP contribution in [0.15, 0.2) is 0 Å². The summed E-state index contributed by atoms with van der Waals surface area (Å²) in [6.45, 7) is 12.5. The van der Waals surface area contributed by atoms with E-state index in [0.717, 1.165) is 37.9 Å². The molecular weight excluding hydrogens is 416 g/mol. The average molecular weight is 462 g/mol. The summed E-state index contributed by atoms with van der Waals surface area (Å²) in [6, 6.07) is 2.10. The summed E-state index contributed by atoms with van der Waals surface area (Å²) < 4.78 is 6.96. The van der Waals surface area contributed by atoms with Crippen LogP contribution in [0.1, 0.15) is 26.2 Å². The monoisotopic (exact) mass is 461 g/mol. The molecule has 0 heterocycles. The number of nitrogens with zero attached hydrogens (tertiary/aromatic N) is 1. The van der Waals surface area contributed by atoms with Crippen LogP contribution in [-0.2, 0) is 18.5 Å². The van der Waals surface area contributed by atoms with Gasteiger partial charge in [-0.15, -0.1) is 0 Å². The molecule has 0 aromatic rings. The van der Waals surface area contributed by atoms with Crippen molar-refractivity contribution in [1.82, 2.24) is 16.0 Å². The van der Waals surface area contributed by atoms with Gasteiger partial charge >= 0.3 is 0 Å². The summed E-state index contributed by atoms with van der Waals surface area (Å²) in [7, 11) is 1.84. The number of amides is 3. The summed E-state index contributed by atoms with van der Waals surface area (Å²) >= 11 is 0. The van der Waals surface area contributed by atoms with Crippen LogP contribution < -0.4 is 16.0 Å². The van der Waals surface area contributed by atoms with Crippen LogP contribution in [0.2, 0.25) is 38.3 Å². The number of rotatable bonds is 15. The number of carbonyl (C=O) groups excluding carboxylic acids is 3. The summed E-state index contributed by atoms with van der Waals surface area (Å²) in [5.74, 6) is -0.0740. The van der Waals surface area contributed by atoms with E-state index in [1.807, 2.05) is 14.1 Å². The van der Waals surface area contributed by atoms with Crippen molar-refractivity contribution in [2.24, 2.45) is 0 Å². The van der Waals surface area contributed by atoms with E-state index in [4.69, 9.17) is 4.12 Å². The van der Waals surface area contributed by atoms with E-state index in [0.29, 0.717) is 11.0 Å². The van der Waals surface area contributed by atoms with Crippen LogP contribution in [0.5, 0.6) is 0 Å². The highest BCUT2D eigenvalue weighted by molar-refractivity contribution is 6.84. The second-order valence-electron chi connectivity index (χ2n) is 9.94. The number of likely N-dealkylation sites (N-methyl/N-ethyl adjacent to an activating group) is 2. The number of carbonyl (C=O) groups is 3. The predicted octanol–water partition coefficient (Wildman–Crippen LogP) is 1.66. The average Bonchev–Trinajstić information content (AvgIpc) is 2.56. The van der Waals surface area contributed by atoms with Gasteiger partial charge in [0.15, 0.2) is 29.7 Å². The molecule has 0 radical (unpaired) electrons. The Morgan fingerprint density at radius 1 is 0.800 bits per heavy atom. The molecule has 8 nitrogen and oxygen atoms in total. The molecule has 10 heteroatoms. The van der Waals surface area contributed by atoms with Crippen LogP contribution in [-0.4, -0.2) is 86.2 Å². The first-order valence-corrected chi connectivity index (χ1v) is 17.1. The van der Waals surface area contributed by atoms with Crippen molar-refractivity contribution in [3.8, 4) is 0 Å². The Balaban J connectivity index is 4.19. The minimum Gasteiger partial charge on any atom is -0.455 e. The topological polar surface area (TPSA) is 96.5 Å². The summed E-state index contributed by atoms with van der Waals surface area (Å²) in [5.41, 5.74) is 0. The number of hydrogen-bond acceptors (Lipinski definition) is 4. The third-order valence-electron chi connectivity index (χ3n) is 4.83. The molecule has 0 saturated heterocycles. The molecule has 0 fully saturated rings. The predicted molar refractivity (Wildman–Crippen MR) is 127 cm³/mol. The number of nitrogens with one attached hydrogen (secondary N) is 3. The van der Waals surface area contributed by atoms with Crippen molar-refractivity contribution < 1.29 is 23.0 Å². The Kier molecular flexibility index (Phi) is 12.7. The van der Waals surface area contributed by atoms with Gasteiger partial charge in [0.2, 0.25) is 5.91 Å². The van der Waals surface area contributed by atoms with Crippen molar-refractivity contribution in [3.05, 3.63) is 0 Å². The van der Waals surface area contributed by atoms with Crippen molar-refractivity contribution in [3.63, 3.8) is 0 Å². The summed E-state index contributed by atoms with van der Waals surface area (Å²) in [4.78, 5) is 34.7. The fraction of sp³-hybridized carbons (Fsp3) is 0.850. The zero-order valence-electron chi connectivity index (χ0n) is 20.4. The van der Waals surface area contributed by atoms with E-state index in [1.54, 1.807) is 14.0 Å². The highest BCUT2D eigenvalue weighted by atomic mass is 28.4. The van der Waals surface area contributed by atoms with E-state index in [-0.39, 0.29) is 30.8 Å². The Morgan fingerprint density at radius 2 is 1.30 bits per heavy atom. The molecule has 0 atom stereocenters. The molecule has 30 heavy (non-hydrogen) atoms. The number of hydrogen-bond donors (Lipinski definition) is 3. The highest BCUT2D eigenvalue weighted by Gasteiger charge is 2.32. The quantitative estimate of drug-likeness (QED) is 0.196. The van der Waals surface area contributed by atoms with Gasteiger partial charge in [0.1, 0.15) is 0 Å². The van der Waals surface area contributed by atoms with E-state index in [9.17, 15) is 14.4 Å². The Labute approximate surface area is 185 Å². The van der Waals surface area contributed by atoms with E-state index in [2.05, 4.69) is 42.1 Å². The first-order chi connectivity index (χ1) is 13.7. The van der Waals surface area contributed by atoms with Crippen LogP contribution in [0.3, 0.4) is 0 Å². The standard InChI is InChI=1S/C20H44N4O4Si2/c1-18(25)22-12-9-10-14-29(5,6)28-30(7,8)15-11-13-23-20(27)17-24(3,4)16-19(26)21-2/h9-17H2,1-8H3,(H2-,21,22,23,25,26,27)/p+1. The largest absolute Gasteiger partial charge is 0.455 e. The molecule has 176 valence electrons. The molecule has 0 unspecified atom stereocenters. The van der Waals surface area contributed by atoms with Gasteiger partial charge in [-0.2, -0.15) is 0 Å². The maximum Gasteiger partial charge on any atom is 0.275 e. The fourth-order valence-electron chi connectivity index (χ4n) is 3.50. The highest BCUT2D eigenvalue weighted by Crippen LogP contribution is 2.24. The zero-order chi connectivity index (χ0) is 23.4. The maximum atomic E-state index is 12.2. The molecule has 0 spiro atoms. The molecule has 0 aliphatic heterocycles. The SMILES string of the molecule is CNC(=O)C[N+](C)(C)CC(=O)NCCC[Si](C)(C)O[Si](C)(C)CCCCNC(C)=O. The smallest absolute Gasteiger partial charge is 0.275 e. The molecule has 3 amide bonds. The van der Waals surface area contributed by atoms with Crippen LogP contribution in [0.25, 0.3) is 0 Å². The molecule has 0 aromatic heterocycles. The lowest BCUT2D eigenvalue weighted by molar-refractivity contribution is -0.874. The Hall–Kier alpha value is -1.24. The van der Waals surface area contributed by atoms with Crippen molar-refractivity contribution in [1.29, 1.82) is 0 Å². The van der Waals surface area contributed by atoms with Crippen molar-refractivity contribution >= 4 is 34.4 Å². The van der Waals surface area contributed by atoms with Gasteiger partial charge in [0.25, 0.3) is 11.8 Å². The van der Waals surface area contributed by atoms with Crippen LogP contribution >= 0.6 is 0 Å². The third kappa shape index (κ3) is 15.6. The number of quaternary nitrogens is 1. The minimum atomic E-state index is -1.79. The van der Waals surface area contributed by atoms with E-state index >= 15 is 0 Å². The van der Waals surface area contributed by atoms with E-state index < -0.39 is 16.6 Å². The van der Waals surface area contributed by atoms with Crippen LogP contribution in [0.4, 0.5) is 0 Å². The summed E-state index contributed by atoms with van der Waals surface area (Å²) in [6.07, 6.45) is 2.97. The molecule has 0 rings (SSSR count). The first-order valence-electron chi connectivity index (χ1n) is 10.9. The van der Waals surface area contributed by atoms with Crippen LogP contribution in [0, 0.1) is 0 Å². The van der Waals surface area contributed by atoms with E-state index in [1.165, 1.54) is 0 Å². The maximum absolute atomic E-state index is 12.2. The van der Waals surface area contributed by atoms with Gasteiger partial charge < -0.3 is 24.5 Å². The molecule has 0 aliphatic carbocycles. The van der Waals surface area contributed by atoms with Crippen molar-refractivity contribution in [2.45, 2.75) is 64.5 Å². The molecular formula is C20H45N4O4Si2+. The van der Waals surface area contributed by atoms with Gasteiger partial charge in [0, 0.05) is 27.1 Å². The third-order valence-corrected chi connectivity index (χ3v) is 12.4. The van der Waals surface area contributed by atoms with Gasteiger partial charge in [-0.1, -0.05) is 6.42 Å². The van der Waals surface area contributed by atoms with Gasteiger partial charge in [-0.3, -0.25) is 14.4 Å². The number of unbranched alkanes of at least 4 members (excludes halogenated alkanes) is 1. The summed E-state index contributed by atoms with van der Waals surface area (Å²) in [5, 5.41) is 8.41. The van der Waals surface area contributed by atoms with Crippen molar-refractivity contribution in [2.75, 3.05) is 47.3 Å². The molecule has 3 N–H and O–H groups in total. The molecule has 0 bridgehead atoms. The second-order valence-corrected chi connectivity index (χ2v) is 18.8. The Morgan fingerprint density at radius 3 is 1.83 bits per heavy atom. The first kappa shape index (κ1) is 28.8. The lowest BCUT2D eigenvalue weighted by Crippen LogP contribution is -2.52. The normalized spacial score (nSPS) is 12.4. The lowest BCUT2D eigenvalue weighted by atomic mass is 10.3. The fourth-order valence-corrected chi connectivity index (χ4v) is 12.4. The molecule has 0 aliphatic rings. The van der Waals surface area contributed by atoms with Gasteiger partial charge in [-0.25, -0.2) is 0 Å². The molecule has 0 saturated carbocycles. The minimum absolute atomic E-state index is 0.0253. The molecule has 0 aromatic carbocycles. The Bertz CT molecular complexity index is 569. The van der Waals surface area contributed by atoms with Gasteiger partial charge in [-0.05, 0) is 51.1 Å².